The Hall–Kier alpha value is -2.89. The van der Waals surface area contributed by atoms with Crippen molar-refractivity contribution in [1.29, 1.82) is 5.26 Å². The van der Waals surface area contributed by atoms with E-state index < -0.39 is 0 Å². The Kier molecular flexibility index (Phi) is 6.49. The molecule has 6 nitrogen and oxygen atoms in total. The molecule has 0 unspecified atom stereocenters. The Morgan fingerprint density at radius 2 is 1.94 bits per heavy atom. The number of anilines is 2. The number of pyridine rings is 2. The molecule has 0 spiro atoms. The molecule has 0 amide bonds. The molecule has 32 heavy (non-hydrogen) atoms. The van der Waals surface area contributed by atoms with Crippen molar-refractivity contribution in [1.82, 2.24) is 14.9 Å². The lowest BCUT2D eigenvalue weighted by molar-refractivity contribution is 0.402. The fraction of sp³-hybridized carbons (Fsp3) is 0.174. The minimum Gasteiger partial charge on any atom is -0.495 e. The van der Waals surface area contributed by atoms with Crippen LogP contribution in [-0.2, 0) is 6.54 Å². The number of rotatable bonds is 6. The lowest BCUT2D eigenvalue weighted by Crippen LogP contribution is -2.10. The van der Waals surface area contributed by atoms with Gasteiger partial charge in [0.05, 0.1) is 54.9 Å². The van der Waals surface area contributed by atoms with Crippen LogP contribution in [0.3, 0.4) is 0 Å². The first-order valence-electron chi connectivity index (χ1n) is 9.62. The number of thiophene rings is 1. The van der Waals surface area contributed by atoms with Crippen LogP contribution in [0, 0.1) is 11.3 Å². The lowest BCUT2D eigenvalue weighted by Gasteiger charge is -2.13. The van der Waals surface area contributed by atoms with Gasteiger partial charge in [0.25, 0.3) is 0 Å². The number of fused-ring (bicyclic) bond motifs is 1. The molecule has 0 fully saturated rings. The summed E-state index contributed by atoms with van der Waals surface area (Å²) in [6.45, 7) is 0.826. The third-order valence-electron chi connectivity index (χ3n) is 4.74. The minimum absolute atomic E-state index is 0.408. The predicted molar refractivity (Wildman–Crippen MR) is 131 cm³/mol. The maximum Gasteiger partial charge on any atom is 0.139 e. The number of nitriles is 1. The normalized spacial score (nSPS) is 11.0. The number of hydrogen-bond acceptors (Lipinski definition) is 7. The molecule has 1 N–H and O–H groups in total. The van der Waals surface area contributed by atoms with Gasteiger partial charge >= 0.3 is 0 Å². The Balaban J connectivity index is 1.77. The summed E-state index contributed by atoms with van der Waals surface area (Å²) in [5, 5.41) is 13.8. The highest BCUT2D eigenvalue weighted by molar-refractivity contribution is 7.22. The van der Waals surface area contributed by atoms with Crippen molar-refractivity contribution in [3.63, 3.8) is 0 Å². The van der Waals surface area contributed by atoms with Crippen molar-refractivity contribution in [2.45, 2.75) is 6.54 Å². The van der Waals surface area contributed by atoms with Crippen molar-refractivity contribution < 1.29 is 4.74 Å². The van der Waals surface area contributed by atoms with Crippen molar-refractivity contribution in [2.75, 3.05) is 26.5 Å². The molecule has 162 valence electrons. The average Bonchev–Trinajstić information content (AvgIpc) is 3.20. The van der Waals surface area contributed by atoms with Crippen LogP contribution >= 0.6 is 34.5 Å². The van der Waals surface area contributed by atoms with Crippen LogP contribution in [0.5, 0.6) is 5.75 Å². The molecule has 4 rings (SSSR count). The van der Waals surface area contributed by atoms with E-state index in [1.807, 2.05) is 32.4 Å². The molecule has 0 aliphatic heterocycles. The van der Waals surface area contributed by atoms with Gasteiger partial charge in [-0.25, -0.2) is 0 Å². The quantitative estimate of drug-likeness (QED) is 0.344. The summed E-state index contributed by atoms with van der Waals surface area (Å²) in [6, 6.07) is 11.6. The second kappa shape index (κ2) is 9.31. The summed E-state index contributed by atoms with van der Waals surface area (Å²) in [4.78, 5) is 12.1. The molecule has 0 aliphatic rings. The van der Waals surface area contributed by atoms with Gasteiger partial charge in [-0.05, 0) is 37.9 Å². The SMILES string of the molecule is COc1cc(Nc2c(C#N)cnc3cc(-c4ccc(CN(C)C)cn4)sc23)c(Cl)cc1Cl. The van der Waals surface area contributed by atoms with Crippen LogP contribution in [0.1, 0.15) is 11.1 Å². The van der Waals surface area contributed by atoms with Crippen LogP contribution in [0.25, 0.3) is 20.8 Å². The van der Waals surface area contributed by atoms with Crippen molar-refractivity contribution in [3.05, 3.63) is 63.9 Å². The number of ether oxygens (including phenoxy) is 1. The van der Waals surface area contributed by atoms with Gasteiger partial charge in [-0.15, -0.1) is 11.3 Å². The van der Waals surface area contributed by atoms with Gasteiger partial charge in [-0.1, -0.05) is 29.3 Å². The van der Waals surface area contributed by atoms with E-state index in [4.69, 9.17) is 27.9 Å². The smallest absolute Gasteiger partial charge is 0.139 e. The molecule has 0 bridgehead atoms. The van der Waals surface area contributed by atoms with Crippen LogP contribution in [-0.4, -0.2) is 36.1 Å². The summed E-state index contributed by atoms with van der Waals surface area (Å²) in [5.41, 5.74) is 4.37. The highest BCUT2D eigenvalue weighted by atomic mass is 35.5. The van der Waals surface area contributed by atoms with Crippen LogP contribution in [0.4, 0.5) is 11.4 Å². The van der Waals surface area contributed by atoms with E-state index in [2.05, 4.69) is 32.3 Å². The van der Waals surface area contributed by atoms with Gasteiger partial charge in [0.1, 0.15) is 11.8 Å². The van der Waals surface area contributed by atoms with E-state index in [1.54, 1.807) is 18.3 Å². The number of hydrogen-bond donors (Lipinski definition) is 1. The molecule has 0 aliphatic carbocycles. The molecule has 1 aromatic carbocycles. The Morgan fingerprint density at radius 3 is 2.59 bits per heavy atom. The Bertz CT molecular complexity index is 1330. The highest BCUT2D eigenvalue weighted by Gasteiger charge is 2.17. The maximum atomic E-state index is 9.68. The van der Waals surface area contributed by atoms with E-state index >= 15 is 0 Å². The first-order chi connectivity index (χ1) is 15.4. The molecule has 0 saturated heterocycles. The van der Waals surface area contributed by atoms with Crippen molar-refractivity contribution in [3.8, 4) is 22.4 Å². The second-order valence-corrected chi connectivity index (χ2v) is 9.23. The van der Waals surface area contributed by atoms with Crippen molar-refractivity contribution >= 4 is 56.1 Å². The Morgan fingerprint density at radius 1 is 1.12 bits per heavy atom. The third-order valence-corrected chi connectivity index (χ3v) is 6.51. The van der Waals surface area contributed by atoms with Crippen LogP contribution in [0.15, 0.2) is 42.7 Å². The standard InChI is InChI=1S/C23H19Cl2N5OS/c1-30(2)12-13-4-5-17(27-10-13)21-8-19-23(32-21)22(14(9-26)11-28-19)29-18-7-20(31-3)16(25)6-15(18)24/h4-8,10-11H,12H2,1-3H3,(H,28,29). The number of methoxy groups -OCH3 is 1. The summed E-state index contributed by atoms with van der Waals surface area (Å²) >= 11 is 14.1. The number of halogens is 2. The van der Waals surface area contributed by atoms with Crippen molar-refractivity contribution in [2.24, 2.45) is 0 Å². The van der Waals surface area contributed by atoms with Gasteiger partial charge in [0.15, 0.2) is 0 Å². The zero-order valence-electron chi connectivity index (χ0n) is 17.6. The number of aromatic nitrogens is 2. The third kappa shape index (κ3) is 4.50. The van der Waals surface area contributed by atoms with E-state index in [-0.39, 0.29) is 0 Å². The zero-order chi connectivity index (χ0) is 22.8. The topological polar surface area (TPSA) is 74.1 Å². The number of benzene rings is 1. The Labute approximate surface area is 200 Å². The summed E-state index contributed by atoms with van der Waals surface area (Å²) in [7, 11) is 5.58. The molecule has 3 aromatic heterocycles. The molecule has 0 saturated carbocycles. The predicted octanol–water partition coefficient (Wildman–Crippen LogP) is 6.35. The summed E-state index contributed by atoms with van der Waals surface area (Å²) in [5.74, 6) is 0.483. The molecule has 0 radical (unpaired) electrons. The maximum absolute atomic E-state index is 9.68. The first kappa shape index (κ1) is 22.3. The monoisotopic (exact) mass is 483 g/mol. The lowest BCUT2D eigenvalue weighted by atomic mass is 10.2. The van der Waals surface area contributed by atoms with Gasteiger partial charge in [-0.3, -0.25) is 9.97 Å². The first-order valence-corrected chi connectivity index (χ1v) is 11.2. The summed E-state index contributed by atoms with van der Waals surface area (Å²) < 4.78 is 6.14. The molecule has 3 heterocycles. The minimum atomic E-state index is 0.408. The fourth-order valence-electron chi connectivity index (χ4n) is 3.26. The molecule has 9 heteroatoms. The van der Waals surface area contributed by atoms with Gasteiger partial charge in [0, 0.05) is 25.0 Å². The second-order valence-electron chi connectivity index (χ2n) is 7.36. The highest BCUT2D eigenvalue weighted by Crippen LogP contribution is 2.41. The van der Waals surface area contributed by atoms with E-state index in [0.29, 0.717) is 32.7 Å². The van der Waals surface area contributed by atoms with Crippen LogP contribution < -0.4 is 10.1 Å². The zero-order valence-corrected chi connectivity index (χ0v) is 19.9. The fourth-order valence-corrected chi connectivity index (χ4v) is 4.86. The molecular formula is C23H19Cl2N5OS. The van der Waals surface area contributed by atoms with Gasteiger partial charge in [0.2, 0.25) is 0 Å². The van der Waals surface area contributed by atoms with Gasteiger partial charge in [-0.2, -0.15) is 5.26 Å². The summed E-state index contributed by atoms with van der Waals surface area (Å²) in [6.07, 6.45) is 3.43. The molecule has 0 atom stereocenters. The number of nitrogens with zero attached hydrogens (tertiary/aromatic N) is 4. The van der Waals surface area contributed by atoms with E-state index in [9.17, 15) is 5.26 Å². The van der Waals surface area contributed by atoms with E-state index in [0.717, 1.165) is 32.9 Å². The largest absolute Gasteiger partial charge is 0.495 e. The molecule has 4 aromatic rings. The average molecular weight is 484 g/mol. The van der Waals surface area contributed by atoms with E-state index in [1.165, 1.54) is 18.4 Å². The van der Waals surface area contributed by atoms with Crippen LogP contribution in [0.2, 0.25) is 10.0 Å². The number of nitrogens with one attached hydrogen (secondary N) is 1. The van der Waals surface area contributed by atoms with Gasteiger partial charge < -0.3 is 15.0 Å². The molecular weight excluding hydrogens is 465 g/mol.